The average Bonchev–Trinajstić information content (AvgIpc) is 2.72. The maximum atomic E-state index is 13.1. The fourth-order valence-electron chi connectivity index (χ4n) is 3.14. The van der Waals surface area contributed by atoms with Gasteiger partial charge in [-0.15, -0.1) is 0 Å². The average molecular weight is 420 g/mol. The van der Waals surface area contributed by atoms with Crippen molar-refractivity contribution in [3.8, 4) is 0 Å². The Balaban J connectivity index is 2.27. The van der Waals surface area contributed by atoms with Gasteiger partial charge in [-0.2, -0.15) is 0 Å². The van der Waals surface area contributed by atoms with E-state index in [4.69, 9.17) is 27.9 Å². The lowest BCUT2D eigenvalue weighted by Gasteiger charge is -2.24. The Morgan fingerprint density at radius 1 is 1.21 bits per heavy atom. The van der Waals surface area contributed by atoms with Gasteiger partial charge in [0.2, 0.25) is 0 Å². The van der Waals surface area contributed by atoms with Gasteiger partial charge in [-0.25, -0.2) is 4.79 Å². The lowest BCUT2D eigenvalue weighted by atomic mass is 9.99. The Bertz CT molecular complexity index is 955. The molecule has 0 unspecified atom stereocenters. The van der Waals surface area contributed by atoms with E-state index in [1.165, 1.54) is 4.90 Å². The van der Waals surface area contributed by atoms with Crippen molar-refractivity contribution in [2.45, 2.75) is 20.0 Å². The predicted octanol–water partition coefficient (Wildman–Crippen LogP) is 5.07. The Labute approximate surface area is 173 Å². The molecule has 2 aromatic rings. The van der Waals surface area contributed by atoms with Gasteiger partial charge in [-0.3, -0.25) is 4.79 Å². The molecular formula is C21H19Cl2NO4. The number of rotatable bonds is 4. The molecule has 0 aromatic heterocycles. The molecule has 1 aliphatic rings. The number of halogens is 2. The molecule has 5 nitrogen and oxygen atoms in total. The zero-order chi connectivity index (χ0) is 20.4. The number of ether oxygens (including phenoxy) is 1. The molecule has 0 radical (unpaired) electrons. The van der Waals surface area contributed by atoms with Crippen LogP contribution in [0.25, 0.3) is 0 Å². The number of carbonyl (C=O) groups excluding carboxylic acids is 1. The van der Waals surface area contributed by atoms with Crippen molar-refractivity contribution in [2.24, 2.45) is 5.92 Å². The maximum absolute atomic E-state index is 13.1. The van der Waals surface area contributed by atoms with E-state index in [1.54, 1.807) is 42.5 Å². The van der Waals surface area contributed by atoms with E-state index in [2.05, 4.69) is 0 Å². The summed E-state index contributed by atoms with van der Waals surface area (Å²) in [7, 11) is 0. The zero-order valence-corrected chi connectivity index (χ0v) is 16.9. The van der Waals surface area contributed by atoms with Gasteiger partial charge in [0.05, 0.1) is 11.8 Å². The quantitative estimate of drug-likeness (QED) is 0.702. The molecule has 1 N–H and O–H groups in total. The van der Waals surface area contributed by atoms with Crippen LogP contribution in [0.5, 0.6) is 0 Å². The fourth-order valence-corrected chi connectivity index (χ4v) is 3.55. The van der Waals surface area contributed by atoms with Crippen LogP contribution in [0.4, 0.5) is 5.69 Å². The predicted molar refractivity (Wildman–Crippen MR) is 109 cm³/mol. The van der Waals surface area contributed by atoms with Crippen LogP contribution in [0.15, 0.2) is 54.3 Å². The summed E-state index contributed by atoms with van der Waals surface area (Å²) in [6.45, 7) is 4.34. The van der Waals surface area contributed by atoms with Crippen molar-refractivity contribution >= 4 is 40.8 Å². The summed E-state index contributed by atoms with van der Waals surface area (Å²) in [4.78, 5) is 26.0. The number of aliphatic carboxylic acids is 1. The molecule has 1 amide bonds. The minimum absolute atomic E-state index is 0.149. The van der Waals surface area contributed by atoms with Crippen LogP contribution in [-0.4, -0.2) is 23.5 Å². The van der Waals surface area contributed by atoms with E-state index >= 15 is 0 Å². The first-order valence-electron chi connectivity index (χ1n) is 8.75. The third kappa shape index (κ3) is 4.16. The summed E-state index contributed by atoms with van der Waals surface area (Å²) in [6.07, 6.45) is 0.00148. The van der Waals surface area contributed by atoms with Crippen molar-refractivity contribution in [1.29, 1.82) is 0 Å². The lowest BCUT2D eigenvalue weighted by Crippen LogP contribution is -2.35. The van der Waals surface area contributed by atoms with Gasteiger partial charge in [0, 0.05) is 27.7 Å². The summed E-state index contributed by atoms with van der Waals surface area (Å²) in [5.74, 6) is -1.90. The highest BCUT2D eigenvalue weighted by Crippen LogP contribution is 2.42. The second-order valence-electron chi connectivity index (χ2n) is 6.88. The Morgan fingerprint density at radius 3 is 2.57 bits per heavy atom. The summed E-state index contributed by atoms with van der Waals surface area (Å²) in [5.41, 5.74) is 1.87. The van der Waals surface area contributed by atoms with E-state index in [0.717, 1.165) is 6.08 Å². The molecule has 3 rings (SSSR count). The van der Waals surface area contributed by atoms with E-state index in [-0.39, 0.29) is 11.7 Å². The summed E-state index contributed by atoms with van der Waals surface area (Å²) >= 11 is 12.6. The van der Waals surface area contributed by atoms with Crippen LogP contribution >= 0.6 is 23.2 Å². The van der Waals surface area contributed by atoms with Crippen LogP contribution in [-0.2, 0) is 14.3 Å². The van der Waals surface area contributed by atoms with Crippen molar-refractivity contribution in [3.63, 3.8) is 0 Å². The summed E-state index contributed by atoms with van der Waals surface area (Å²) in [6, 6.07) is 12.2. The van der Waals surface area contributed by atoms with Crippen LogP contribution in [0.1, 0.15) is 31.1 Å². The molecule has 1 heterocycles. The van der Waals surface area contributed by atoms with E-state index in [0.29, 0.717) is 33.4 Å². The molecule has 146 valence electrons. The zero-order valence-electron chi connectivity index (χ0n) is 15.4. The van der Waals surface area contributed by atoms with Crippen molar-refractivity contribution in [2.75, 3.05) is 11.4 Å². The SMILES string of the molecule is CC(C)CN1C(=O)/C(=C/C(=O)O)O[C@@H](c2ccccc2Cl)c2cc(Cl)ccc21. The van der Waals surface area contributed by atoms with E-state index in [1.807, 2.05) is 13.8 Å². The number of amides is 1. The van der Waals surface area contributed by atoms with Gasteiger partial charge in [0.25, 0.3) is 5.91 Å². The third-order valence-electron chi connectivity index (χ3n) is 4.25. The number of fused-ring (bicyclic) bond motifs is 1. The number of carboxylic acid groups (broad SMARTS) is 1. The molecule has 0 aliphatic carbocycles. The van der Waals surface area contributed by atoms with E-state index < -0.39 is 18.0 Å². The lowest BCUT2D eigenvalue weighted by molar-refractivity contribution is -0.132. The summed E-state index contributed by atoms with van der Waals surface area (Å²) < 4.78 is 5.94. The highest BCUT2D eigenvalue weighted by Gasteiger charge is 2.35. The molecule has 0 bridgehead atoms. The minimum Gasteiger partial charge on any atom is -0.478 e. The van der Waals surface area contributed by atoms with Crippen molar-refractivity contribution in [3.05, 3.63) is 75.5 Å². The van der Waals surface area contributed by atoms with Gasteiger partial charge in [0.15, 0.2) is 11.9 Å². The van der Waals surface area contributed by atoms with Crippen molar-refractivity contribution < 1.29 is 19.4 Å². The van der Waals surface area contributed by atoms with Crippen LogP contribution in [0.2, 0.25) is 10.0 Å². The van der Waals surface area contributed by atoms with Gasteiger partial charge >= 0.3 is 5.97 Å². The second kappa shape index (κ2) is 8.25. The highest BCUT2D eigenvalue weighted by atomic mass is 35.5. The molecule has 1 aliphatic heterocycles. The highest BCUT2D eigenvalue weighted by molar-refractivity contribution is 6.31. The number of carboxylic acids is 1. The first-order chi connectivity index (χ1) is 13.3. The second-order valence-corrected chi connectivity index (χ2v) is 7.72. The molecule has 0 spiro atoms. The van der Waals surface area contributed by atoms with Gasteiger partial charge < -0.3 is 14.7 Å². The Morgan fingerprint density at radius 2 is 1.93 bits per heavy atom. The van der Waals surface area contributed by atoms with Gasteiger partial charge in [-0.05, 0) is 30.2 Å². The molecule has 7 heteroatoms. The Kier molecular flexibility index (Phi) is 5.96. The molecule has 1 atom stereocenters. The van der Waals surface area contributed by atoms with Crippen LogP contribution in [0.3, 0.4) is 0 Å². The number of benzene rings is 2. The number of hydrogen-bond acceptors (Lipinski definition) is 3. The van der Waals surface area contributed by atoms with Gasteiger partial charge in [0.1, 0.15) is 0 Å². The number of carbonyl (C=O) groups is 2. The molecule has 0 saturated heterocycles. The summed E-state index contributed by atoms with van der Waals surface area (Å²) in [5, 5.41) is 10.2. The molecule has 0 fully saturated rings. The minimum atomic E-state index is -1.27. The molecule has 28 heavy (non-hydrogen) atoms. The number of hydrogen-bond donors (Lipinski definition) is 1. The standard InChI is InChI=1S/C21H19Cl2NO4/c1-12(2)11-24-17-8-7-13(22)9-15(17)20(14-5-3-4-6-16(14)23)28-18(21(24)27)10-19(25)26/h3-10,12,20H,11H2,1-2H3,(H,25,26)/b18-10-/t20-/m0/s1. The normalized spacial score (nSPS) is 18.0. The molecule has 0 saturated carbocycles. The first kappa shape index (κ1) is 20.2. The number of nitrogens with zero attached hydrogens (tertiary/aromatic N) is 1. The smallest absolute Gasteiger partial charge is 0.332 e. The third-order valence-corrected chi connectivity index (χ3v) is 4.83. The molecular weight excluding hydrogens is 401 g/mol. The topological polar surface area (TPSA) is 66.8 Å². The van der Waals surface area contributed by atoms with E-state index in [9.17, 15) is 14.7 Å². The Hall–Kier alpha value is -2.50. The maximum Gasteiger partial charge on any atom is 0.332 e. The van der Waals surface area contributed by atoms with Crippen LogP contribution in [0, 0.1) is 5.92 Å². The molecule has 2 aromatic carbocycles. The van der Waals surface area contributed by atoms with Crippen LogP contribution < -0.4 is 4.90 Å². The van der Waals surface area contributed by atoms with Gasteiger partial charge in [-0.1, -0.05) is 55.2 Å². The number of anilines is 1. The largest absolute Gasteiger partial charge is 0.478 e. The monoisotopic (exact) mass is 419 g/mol. The first-order valence-corrected chi connectivity index (χ1v) is 9.50. The van der Waals surface area contributed by atoms with Crippen molar-refractivity contribution in [1.82, 2.24) is 0 Å². The fraction of sp³-hybridized carbons (Fsp3) is 0.238.